The molecule has 0 unspecified atom stereocenters. The largest absolute Gasteiger partial charge is 0.289 e. The van der Waals surface area contributed by atoms with Crippen LogP contribution in [0.1, 0.15) is 55.3 Å². The molecule has 0 saturated carbocycles. The fourth-order valence-electron chi connectivity index (χ4n) is 2.69. The molecule has 1 aliphatic rings. The normalized spacial score (nSPS) is 16.1. The Morgan fingerprint density at radius 3 is 1.79 bits per heavy atom. The van der Waals surface area contributed by atoms with E-state index in [1.165, 1.54) is 0 Å². The SMILES string of the molecule is CC(C)C1=C(C(C)(C)C)C(=O)c2ccccc2C1=O. The molecular formula is C17H20O2. The van der Waals surface area contributed by atoms with Gasteiger partial charge in [-0.1, -0.05) is 58.9 Å². The number of hydrogen-bond acceptors (Lipinski definition) is 2. The number of carbonyl (C=O) groups is 2. The molecule has 1 aromatic rings. The number of fused-ring (bicyclic) bond motifs is 1. The summed E-state index contributed by atoms with van der Waals surface area (Å²) in [6, 6.07) is 7.12. The van der Waals surface area contributed by atoms with Gasteiger partial charge in [0, 0.05) is 22.3 Å². The van der Waals surface area contributed by atoms with Crippen LogP contribution in [0.2, 0.25) is 0 Å². The number of hydrogen-bond donors (Lipinski definition) is 0. The van der Waals surface area contributed by atoms with E-state index in [1.54, 1.807) is 12.1 Å². The molecule has 19 heavy (non-hydrogen) atoms. The van der Waals surface area contributed by atoms with Gasteiger partial charge in [-0.3, -0.25) is 9.59 Å². The Labute approximate surface area is 114 Å². The van der Waals surface area contributed by atoms with Crippen LogP contribution in [0.3, 0.4) is 0 Å². The van der Waals surface area contributed by atoms with Crippen LogP contribution < -0.4 is 0 Å². The summed E-state index contributed by atoms with van der Waals surface area (Å²) in [7, 11) is 0. The minimum atomic E-state index is -0.320. The van der Waals surface area contributed by atoms with E-state index in [2.05, 4.69) is 0 Å². The van der Waals surface area contributed by atoms with Crippen molar-refractivity contribution in [2.75, 3.05) is 0 Å². The fourth-order valence-corrected chi connectivity index (χ4v) is 2.69. The molecule has 0 amide bonds. The fraction of sp³-hybridized carbons (Fsp3) is 0.412. The van der Waals surface area contributed by atoms with Crippen molar-refractivity contribution in [2.45, 2.75) is 34.6 Å². The van der Waals surface area contributed by atoms with Crippen LogP contribution in [0.25, 0.3) is 0 Å². The monoisotopic (exact) mass is 256 g/mol. The molecule has 0 spiro atoms. The first-order valence-corrected chi connectivity index (χ1v) is 6.68. The summed E-state index contributed by atoms with van der Waals surface area (Å²) in [4.78, 5) is 25.4. The van der Waals surface area contributed by atoms with E-state index >= 15 is 0 Å². The minimum Gasteiger partial charge on any atom is -0.289 e. The Bertz CT molecular complexity index is 584. The van der Waals surface area contributed by atoms with Gasteiger partial charge in [0.2, 0.25) is 0 Å². The molecule has 0 heterocycles. The predicted octanol–water partition coefficient (Wildman–Crippen LogP) is 4.06. The Hall–Kier alpha value is -1.70. The third-order valence-electron chi connectivity index (χ3n) is 3.48. The van der Waals surface area contributed by atoms with Crippen LogP contribution in [0.4, 0.5) is 0 Å². The summed E-state index contributed by atoms with van der Waals surface area (Å²) < 4.78 is 0. The van der Waals surface area contributed by atoms with Gasteiger partial charge in [0.05, 0.1) is 0 Å². The van der Waals surface area contributed by atoms with E-state index in [-0.39, 0.29) is 22.9 Å². The zero-order valence-electron chi connectivity index (χ0n) is 12.2. The third-order valence-corrected chi connectivity index (χ3v) is 3.48. The minimum absolute atomic E-state index is 0.00593. The van der Waals surface area contributed by atoms with Crippen molar-refractivity contribution in [3.8, 4) is 0 Å². The van der Waals surface area contributed by atoms with Gasteiger partial charge in [0.15, 0.2) is 11.6 Å². The molecule has 2 nitrogen and oxygen atoms in total. The predicted molar refractivity (Wildman–Crippen MR) is 76.4 cm³/mol. The second-order valence-corrected chi connectivity index (χ2v) is 6.40. The Kier molecular flexibility index (Phi) is 3.21. The lowest BCUT2D eigenvalue weighted by molar-refractivity contribution is 0.0949. The molecule has 0 atom stereocenters. The van der Waals surface area contributed by atoms with Crippen LogP contribution in [0.5, 0.6) is 0 Å². The molecule has 0 saturated heterocycles. The average molecular weight is 256 g/mol. The van der Waals surface area contributed by atoms with Gasteiger partial charge in [-0.25, -0.2) is 0 Å². The maximum atomic E-state index is 12.7. The van der Waals surface area contributed by atoms with Crippen molar-refractivity contribution in [3.63, 3.8) is 0 Å². The Balaban J connectivity index is 2.77. The van der Waals surface area contributed by atoms with Gasteiger partial charge < -0.3 is 0 Å². The summed E-state index contributed by atoms with van der Waals surface area (Å²) in [6.07, 6.45) is 0. The molecule has 2 heteroatoms. The van der Waals surface area contributed by atoms with E-state index in [0.29, 0.717) is 22.3 Å². The molecule has 0 aromatic heterocycles. The first-order valence-electron chi connectivity index (χ1n) is 6.68. The highest BCUT2D eigenvalue weighted by Gasteiger charge is 2.38. The van der Waals surface area contributed by atoms with E-state index in [4.69, 9.17) is 0 Å². The van der Waals surface area contributed by atoms with Crippen molar-refractivity contribution >= 4 is 11.6 Å². The van der Waals surface area contributed by atoms with E-state index < -0.39 is 0 Å². The maximum absolute atomic E-state index is 12.7. The van der Waals surface area contributed by atoms with E-state index in [1.807, 2.05) is 46.8 Å². The quantitative estimate of drug-likeness (QED) is 0.759. The number of allylic oxidation sites excluding steroid dienone is 2. The molecule has 0 N–H and O–H groups in total. The lowest BCUT2D eigenvalue weighted by Gasteiger charge is -2.31. The zero-order valence-corrected chi connectivity index (χ0v) is 12.2. The molecule has 100 valence electrons. The Morgan fingerprint density at radius 2 is 1.37 bits per heavy atom. The second kappa shape index (κ2) is 4.44. The van der Waals surface area contributed by atoms with Crippen LogP contribution in [-0.4, -0.2) is 11.6 Å². The summed E-state index contributed by atoms with van der Waals surface area (Å²) in [5.41, 5.74) is 2.12. The summed E-state index contributed by atoms with van der Waals surface area (Å²) in [5.74, 6) is 0.0700. The molecule has 0 bridgehead atoms. The van der Waals surface area contributed by atoms with Gasteiger partial charge in [-0.15, -0.1) is 0 Å². The number of ketones is 2. The number of Topliss-reactive ketones (excluding diaryl/α,β-unsaturated/α-hetero) is 2. The van der Waals surface area contributed by atoms with Crippen molar-refractivity contribution in [1.82, 2.24) is 0 Å². The summed E-state index contributed by atoms with van der Waals surface area (Å²) in [5, 5.41) is 0. The van der Waals surface area contributed by atoms with Crippen molar-refractivity contribution in [1.29, 1.82) is 0 Å². The standard InChI is InChI=1S/C17H20O2/c1-10(2)13-14(17(3,4)5)16(19)12-9-7-6-8-11(12)15(13)18/h6-10H,1-5H3. The highest BCUT2D eigenvalue weighted by molar-refractivity contribution is 6.27. The van der Waals surface area contributed by atoms with E-state index in [0.717, 1.165) is 0 Å². The van der Waals surface area contributed by atoms with Crippen molar-refractivity contribution in [3.05, 3.63) is 46.5 Å². The highest BCUT2D eigenvalue weighted by Crippen LogP contribution is 2.39. The van der Waals surface area contributed by atoms with E-state index in [9.17, 15) is 9.59 Å². The smallest absolute Gasteiger partial charge is 0.190 e. The zero-order chi connectivity index (χ0) is 14.4. The Morgan fingerprint density at radius 1 is 0.895 bits per heavy atom. The maximum Gasteiger partial charge on any atom is 0.190 e. The topological polar surface area (TPSA) is 34.1 Å². The molecule has 1 aliphatic carbocycles. The van der Waals surface area contributed by atoms with Crippen molar-refractivity contribution in [2.24, 2.45) is 11.3 Å². The molecule has 0 fully saturated rings. The number of benzene rings is 1. The third kappa shape index (κ3) is 2.16. The van der Waals surface area contributed by atoms with Crippen LogP contribution in [-0.2, 0) is 0 Å². The highest BCUT2D eigenvalue weighted by atomic mass is 16.1. The summed E-state index contributed by atoms with van der Waals surface area (Å²) >= 11 is 0. The second-order valence-electron chi connectivity index (χ2n) is 6.40. The van der Waals surface area contributed by atoms with Gasteiger partial charge >= 0.3 is 0 Å². The van der Waals surface area contributed by atoms with Gasteiger partial charge in [-0.05, 0) is 11.3 Å². The van der Waals surface area contributed by atoms with Gasteiger partial charge in [0.25, 0.3) is 0 Å². The van der Waals surface area contributed by atoms with Gasteiger partial charge in [-0.2, -0.15) is 0 Å². The molecular weight excluding hydrogens is 236 g/mol. The molecule has 1 aromatic carbocycles. The van der Waals surface area contributed by atoms with Crippen LogP contribution >= 0.6 is 0 Å². The number of carbonyl (C=O) groups excluding carboxylic acids is 2. The van der Waals surface area contributed by atoms with Gasteiger partial charge in [0.1, 0.15) is 0 Å². The number of rotatable bonds is 1. The van der Waals surface area contributed by atoms with Crippen LogP contribution in [0, 0.1) is 11.3 Å². The first kappa shape index (κ1) is 13.7. The van der Waals surface area contributed by atoms with Crippen molar-refractivity contribution < 1.29 is 9.59 Å². The lowest BCUT2D eigenvalue weighted by atomic mass is 9.71. The first-order chi connectivity index (χ1) is 8.75. The molecule has 0 aliphatic heterocycles. The van der Waals surface area contributed by atoms with Crippen LogP contribution in [0.15, 0.2) is 35.4 Å². The summed E-state index contributed by atoms with van der Waals surface area (Å²) in [6.45, 7) is 9.91. The average Bonchev–Trinajstić information content (AvgIpc) is 2.31. The lowest BCUT2D eigenvalue weighted by Crippen LogP contribution is -2.31. The molecule has 0 radical (unpaired) electrons. The molecule has 2 rings (SSSR count).